The van der Waals surface area contributed by atoms with Crippen LogP contribution in [0.3, 0.4) is 0 Å². The van der Waals surface area contributed by atoms with E-state index < -0.39 is 18.5 Å². The van der Waals surface area contributed by atoms with Crippen molar-refractivity contribution in [2.24, 2.45) is 0 Å². The van der Waals surface area contributed by atoms with Gasteiger partial charge in [-0.25, -0.2) is 0 Å². The van der Waals surface area contributed by atoms with Crippen LogP contribution in [0.2, 0.25) is 0 Å². The summed E-state index contributed by atoms with van der Waals surface area (Å²) in [7, 11) is 0.887. The molecule has 0 atom stereocenters. The molecule has 0 radical (unpaired) electrons. The molecular weight excluding hydrogens is 231 g/mol. The molecule has 0 amide bonds. The fourth-order valence-corrected chi connectivity index (χ4v) is 1.66. The second-order valence-electron chi connectivity index (χ2n) is 5.31. The van der Waals surface area contributed by atoms with Gasteiger partial charge in [0.2, 0.25) is 0 Å². The first-order valence-electron chi connectivity index (χ1n) is 6.01. The van der Waals surface area contributed by atoms with Gasteiger partial charge in [0.15, 0.2) is 5.75 Å². The number of ether oxygens (including phenoxy) is 1. The predicted octanol–water partition coefficient (Wildman–Crippen LogP) is 2.66. The average Bonchev–Trinajstić information content (AvgIpc) is 2.47. The van der Waals surface area contributed by atoms with E-state index in [0.29, 0.717) is 11.5 Å². The van der Waals surface area contributed by atoms with Gasteiger partial charge in [-0.2, -0.15) is 0 Å². The molecule has 1 fully saturated rings. The molecular formula is C13H19BO4. The highest BCUT2D eigenvalue weighted by atomic mass is 16.8. The van der Waals surface area contributed by atoms with Crippen molar-refractivity contribution in [1.82, 2.24) is 0 Å². The zero-order valence-corrected chi connectivity index (χ0v) is 11.5. The van der Waals surface area contributed by atoms with E-state index in [0.717, 1.165) is 0 Å². The summed E-state index contributed by atoms with van der Waals surface area (Å²) in [5.41, 5.74) is -0.806. The van der Waals surface area contributed by atoms with Crippen molar-refractivity contribution in [1.29, 1.82) is 0 Å². The van der Waals surface area contributed by atoms with Gasteiger partial charge in [-0.3, -0.25) is 0 Å². The maximum Gasteiger partial charge on any atom is 0.714 e. The Balaban J connectivity index is 2.12. The van der Waals surface area contributed by atoms with Crippen LogP contribution in [0, 0.1) is 0 Å². The molecule has 1 saturated heterocycles. The summed E-state index contributed by atoms with van der Waals surface area (Å²) in [5, 5.41) is 0. The molecule has 0 saturated carbocycles. The van der Waals surface area contributed by atoms with Gasteiger partial charge in [-0.15, -0.1) is 0 Å². The Morgan fingerprint density at radius 2 is 1.44 bits per heavy atom. The third-order valence-corrected chi connectivity index (χ3v) is 3.52. The Kier molecular flexibility index (Phi) is 3.30. The normalized spacial score (nSPS) is 20.8. The highest BCUT2D eigenvalue weighted by Crippen LogP contribution is 2.38. The predicted molar refractivity (Wildman–Crippen MR) is 69.7 cm³/mol. The van der Waals surface area contributed by atoms with Crippen LogP contribution in [-0.4, -0.2) is 25.6 Å². The molecule has 0 unspecified atom stereocenters. The largest absolute Gasteiger partial charge is 0.714 e. The zero-order chi connectivity index (χ0) is 13.4. The van der Waals surface area contributed by atoms with Crippen LogP contribution in [-0.2, 0) is 9.31 Å². The van der Waals surface area contributed by atoms with Crippen LogP contribution in [0.4, 0.5) is 0 Å². The number of hydrogen-bond donors (Lipinski definition) is 0. The highest BCUT2D eigenvalue weighted by molar-refractivity contribution is 6.38. The molecule has 0 spiro atoms. The van der Waals surface area contributed by atoms with Gasteiger partial charge in [0.05, 0.1) is 18.3 Å². The Morgan fingerprint density at radius 3 is 1.94 bits per heavy atom. The molecule has 0 aromatic heterocycles. The van der Waals surface area contributed by atoms with Gasteiger partial charge in [-0.1, -0.05) is 12.1 Å². The van der Waals surface area contributed by atoms with Crippen LogP contribution in [0.5, 0.6) is 11.5 Å². The first kappa shape index (κ1) is 13.2. The number of hydrogen-bond acceptors (Lipinski definition) is 4. The molecule has 1 aromatic rings. The summed E-state index contributed by atoms with van der Waals surface area (Å²) >= 11 is 0. The molecule has 2 rings (SSSR count). The molecule has 18 heavy (non-hydrogen) atoms. The van der Waals surface area contributed by atoms with Crippen LogP contribution >= 0.6 is 0 Å². The summed E-state index contributed by atoms with van der Waals surface area (Å²) < 4.78 is 22.5. The van der Waals surface area contributed by atoms with Gasteiger partial charge < -0.3 is 18.7 Å². The fraction of sp³-hybridized carbons (Fsp3) is 0.538. The average molecular weight is 250 g/mol. The lowest BCUT2D eigenvalue weighted by Gasteiger charge is -2.31. The number of para-hydroxylation sites is 2. The van der Waals surface area contributed by atoms with Crippen molar-refractivity contribution < 1.29 is 18.7 Å². The van der Waals surface area contributed by atoms with Crippen LogP contribution < -0.4 is 9.39 Å². The maximum absolute atomic E-state index is 5.77. The summed E-state index contributed by atoms with van der Waals surface area (Å²) in [5.74, 6) is 1.27. The number of benzene rings is 1. The Morgan fingerprint density at radius 1 is 0.944 bits per heavy atom. The minimum absolute atomic E-state index is 0.403. The topological polar surface area (TPSA) is 36.9 Å². The van der Waals surface area contributed by atoms with E-state index in [4.69, 9.17) is 18.7 Å². The maximum atomic E-state index is 5.77. The molecule has 98 valence electrons. The lowest BCUT2D eigenvalue weighted by atomic mass is 9.90. The lowest BCUT2D eigenvalue weighted by molar-refractivity contribution is 0.00578. The van der Waals surface area contributed by atoms with Crippen molar-refractivity contribution in [3.8, 4) is 11.5 Å². The number of rotatable bonds is 3. The van der Waals surface area contributed by atoms with Gasteiger partial charge in [-0.05, 0) is 39.8 Å². The Hall–Kier alpha value is -1.20. The van der Waals surface area contributed by atoms with E-state index in [1.54, 1.807) is 7.11 Å². The van der Waals surface area contributed by atoms with E-state index in [-0.39, 0.29) is 0 Å². The summed E-state index contributed by atoms with van der Waals surface area (Å²) in [6.07, 6.45) is 0. The van der Waals surface area contributed by atoms with Gasteiger partial charge in [0.1, 0.15) is 5.75 Å². The molecule has 1 heterocycles. The van der Waals surface area contributed by atoms with Gasteiger partial charge in [0.25, 0.3) is 0 Å². The lowest BCUT2D eigenvalue weighted by Crippen LogP contribution is -2.41. The molecule has 0 aliphatic carbocycles. The van der Waals surface area contributed by atoms with Crippen molar-refractivity contribution in [2.75, 3.05) is 7.11 Å². The first-order valence-corrected chi connectivity index (χ1v) is 6.01. The monoisotopic (exact) mass is 250 g/mol. The Labute approximate surface area is 108 Å². The van der Waals surface area contributed by atoms with Crippen LogP contribution in [0.1, 0.15) is 27.7 Å². The van der Waals surface area contributed by atoms with Crippen molar-refractivity contribution >= 4 is 7.32 Å². The first-order chi connectivity index (χ1) is 8.36. The van der Waals surface area contributed by atoms with E-state index >= 15 is 0 Å². The van der Waals surface area contributed by atoms with E-state index in [1.165, 1.54) is 0 Å². The van der Waals surface area contributed by atoms with E-state index in [2.05, 4.69) is 0 Å². The molecule has 1 aliphatic rings. The molecule has 0 bridgehead atoms. The quantitative estimate of drug-likeness (QED) is 0.773. The van der Waals surface area contributed by atoms with E-state index in [9.17, 15) is 0 Å². The number of methoxy groups -OCH3 is 1. The van der Waals surface area contributed by atoms with Crippen molar-refractivity contribution in [3.05, 3.63) is 24.3 Å². The second-order valence-corrected chi connectivity index (χ2v) is 5.31. The zero-order valence-electron chi connectivity index (χ0n) is 11.5. The van der Waals surface area contributed by atoms with Crippen LogP contribution in [0.25, 0.3) is 0 Å². The molecule has 4 nitrogen and oxygen atoms in total. The standard InChI is InChI=1S/C13H19BO4/c1-12(2)13(3,4)18-14(17-12)16-11-9-7-6-8-10(11)15-5/h6-9H,1-5H3. The van der Waals surface area contributed by atoms with Gasteiger partial charge in [0, 0.05) is 0 Å². The molecule has 1 aromatic carbocycles. The molecule has 5 heteroatoms. The van der Waals surface area contributed by atoms with Crippen LogP contribution in [0.15, 0.2) is 24.3 Å². The summed E-state index contributed by atoms with van der Waals surface area (Å²) in [6.45, 7) is 7.94. The molecule has 0 N–H and O–H groups in total. The fourth-order valence-electron chi connectivity index (χ4n) is 1.66. The third kappa shape index (κ3) is 2.33. The second kappa shape index (κ2) is 4.48. The minimum atomic E-state index is -0.716. The third-order valence-electron chi connectivity index (χ3n) is 3.52. The van der Waals surface area contributed by atoms with Gasteiger partial charge >= 0.3 is 7.32 Å². The highest BCUT2D eigenvalue weighted by Gasteiger charge is 2.54. The van der Waals surface area contributed by atoms with E-state index in [1.807, 2.05) is 52.0 Å². The smallest absolute Gasteiger partial charge is 0.509 e. The summed E-state index contributed by atoms with van der Waals surface area (Å²) in [4.78, 5) is 0. The molecule has 1 aliphatic heterocycles. The van der Waals surface area contributed by atoms with Crippen molar-refractivity contribution in [3.63, 3.8) is 0 Å². The van der Waals surface area contributed by atoms with Crippen molar-refractivity contribution in [2.45, 2.75) is 38.9 Å². The Bertz CT molecular complexity index is 415. The SMILES string of the molecule is COc1ccccc1OB1OC(C)(C)C(C)(C)O1. The minimum Gasteiger partial charge on any atom is -0.509 e. The summed E-state index contributed by atoms with van der Waals surface area (Å²) in [6, 6.07) is 7.42.